The van der Waals surface area contributed by atoms with Gasteiger partial charge in [-0.3, -0.25) is 4.98 Å². The second-order valence-corrected chi connectivity index (χ2v) is 6.39. The SMILES string of the molecule is Cn1c(CCn2cnc(-c3cccc(CN)c3)c2)nnc1-c1ccncc1. The number of rotatable bonds is 6. The molecule has 0 amide bonds. The first kappa shape index (κ1) is 17.1. The zero-order chi connectivity index (χ0) is 18.6. The van der Waals surface area contributed by atoms with Crippen LogP contribution >= 0.6 is 0 Å². The third-order valence-electron chi connectivity index (χ3n) is 4.59. The average molecular weight is 359 g/mol. The zero-order valence-electron chi connectivity index (χ0n) is 15.2. The molecule has 4 aromatic rings. The van der Waals surface area contributed by atoms with Gasteiger partial charge in [-0.2, -0.15) is 0 Å². The number of nitrogens with two attached hydrogens (primary N) is 1. The van der Waals surface area contributed by atoms with Crippen LogP contribution in [0.5, 0.6) is 0 Å². The second-order valence-electron chi connectivity index (χ2n) is 6.39. The van der Waals surface area contributed by atoms with Gasteiger partial charge in [0.1, 0.15) is 5.82 Å². The third kappa shape index (κ3) is 3.63. The molecule has 7 nitrogen and oxygen atoms in total. The lowest BCUT2D eigenvalue weighted by molar-refractivity contribution is 0.649. The smallest absolute Gasteiger partial charge is 0.163 e. The maximum absolute atomic E-state index is 5.73. The largest absolute Gasteiger partial charge is 0.336 e. The molecule has 3 heterocycles. The molecule has 4 rings (SSSR count). The van der Waals surface area contributed by atoms with E-state index in [-0.39, 0.29) is 0 Å². The molecule has 0 aliphatic heterocycles. The van der Waals surface area contributed by atoms with Gasteiger partial charge < -0.3 is 14.9 Å². The number of aromatic nitrogens is 6. The van der Waals surface area contributed by atoms with Crippen molar-refractivity contribution in [1.29, 1.82) is 0 Å². The summed E-state index contributed by atoms with van der Waals surface area (Å²) in [5.74, 6) is 1.78. The van der Waals surface area contributed by atoms with Crippen LogP contribution in [0, 0.1) is 0 Å². The summed E-state index contributed by atoms with van der Waals surface area (Å²) in [7, 11) is 1.99. The van der Waals surface area contributed by atoms with E-state index in [0.29, 0.717) is 6.54 Å². The molecule has 2 N–H and O–H groups in total. The van der Waals surface area contributed by atoms with Crippen molar-refractivity contribution in [2.45, 2.75) is 19.5 Å². The van der Waals surface area contributed by atoms with Gasteiger partial charge in [-0.05, 0) is 23.8 Å². The molecule has 0 unspecified atom stereocenters. The molecule has 0 bridgehead atoms. The van der Waals surface area contributed by atoms with Crippen LogP contribution in [0.4, 0.5) is 0 Å². The summed E-state index contributed by atoms with van der Waals surface area (Å²) in [5.41, 5.74) is 9.86. The van der Waals surface area contributed by atoms with Crippen molar-refractivity contribution in [1.82, 2.24) is 29.3 Å². The zero-order valence-corrected chi connectivity index (χ0v) is 15.2. The van der Waals surface area contributed by atoms with E-state index in [1.807, 2.05) is 42.2 Å². The Balaban J connectivity index is 1.47. The Kier molecular flexibility index (Phi) is 4.76. The lowest BCUT2D eigenvalue weighted by Crippen LogP contribution is -2.05. The molecule has 0 aliphatic carbocycles. The molecule has 3 aromatic heterocycles. The summed E-state index contributed by atoms with van der Waals surface area (Å²) >= 11 is 0. The van der Waals surface area contributed by atoms with E-state index in [1.54, 1.807) is 12.4 Å². The van der Waals surface area contributed by atoms with E-state index in [0.717, 1.165) is 47.0 Å². The van der Waals surface area contributed by atoms with Crippen LogP contribution < -0.4 is 5.73 Å². The van der Waals surface area contributed by atoms with Crippen LogP contribution in [0.3, 0.4) is 0 Å². The van der Waals surface area contributed by atoms with E-state index >= 15 is 0 Å². The fourth-order valence-corrected chi connectivity index (χ4v) is 3.05. The molecule has 0 fully saturated rings. The summed E-state index contributed by atoms with van der Waals surface area (Å²) in [6, 6.07) is 12.0. The minimum absolute atomic E-state index is 0.528. The predicted molar refractivity (Wildman–Crippen MR) is 103 cm³/mol. The number of benzene rings is 1. The molecular weight excluding hydrogens is 338 g/mol. The molecule has 0 radical (unpaired) electrons. The van der Waals surface area contributed by atoms with E-state index < -0.39 is 0 Å². The maximum atomic E-state index is 5.73. The van der Waals surface area contributed by atoms with Crippen LogP contribution in [0.1, 0.15) is 11.4 Å². The van der Waals surface area contributed by atoms with Crippen molar-refractivity contribution in [2.24, 2.45) is 12.8 Å². The van der Waals surface area contributed by atoms with Gasteiger partial charge in [0.25, 0.3) is 0 Å². The van der Waals surface area contributed by atoms with Crippen LogP contribution in [-0.2, 0) is 26.6 Å². The van der Waals surface area contributed by atoms with Gasteiger partial charge in [-0.1, -0.05) is 18.2 Å². The van der Waals surface area contributed by atoms with Gasteiger partial charge in [0.05, 0.1) is 12.0 Å². The minimum Gasteiger partial charge on any atom is -0.336 e. The lowest BCUT2D eigenvalue weighted by atomic mass is 10.1. The summed E-state index contributed by atoms with van der Waals surface area (Å²) in [5, 5.41) is 8.66. The third-order valence-corrected chi connectivity index (χ3v) is 4.59. The van der Waals surface area contributed by atoms with Gasteiger partial charge in [0, 0.05) is 56.3 Å². The van der Waals surface area contributed by atoms with Gasteiger partial charge >= 0.3 is 0 Å². The monoisotopic (exact) mass is 359 g/mol. The number of aryl methyl sites for hydroxylation is 2. The summed E-state index contributed by atoms with van der Waals surface area (Å²) in [4.78, 5) is 8.57. The van der Waals surface area contributed by atoms with Crippen molar-refractivity contribution in [3.63, 3.8) is 0 Å². The Morgan fingerprint density at radius 3 is 2.70 bits per heavy atom. The molecule has 27 heavy (non-hydrogen) atoms. The van der Waals surface area contributed by atoms with Gasteiger partial charge in [0.15, 0.2) is 5.82 Å². The highest BCUT2D eigenvalue weighted by atomic mass is 15.3. The van der Waals surface area contributed by atoms with E-state index in [9.17, 15) is 0 Å². The number of hydrogen-bond donors (Lipinski definition) is 1. The molecule has 7 heteroatoms. The van der Waals surface area contributed by atoms with Crippen molar-refractivity contribution in [3.05, 3.63) is 72.7 Å². The topological polar surface area (TPSA) is 87.4 Å². The molecule has 0 atom stereocenters. The van der Waals surface area contributed by atoms with Gasteiger partial charge in [-0.15, -0.1) is 10.2 Å². The van der Waals surface area contributed by atoms with Gasteiger partial charge in [0.2, 0.25) is 0 Å². The molecule has 0 saturated carbocycles. The number of hydrogen-bond acceptors (Lipinski definition) is 5. The van der Waals surface area contributed by atoms with Crippen molar-refractivity contribution >= 4 is 0 Å². The van der Waals surface area contributed by atoms with Crippen LogP contribution in [0.25, 0.3) is 22.6 Å². The second kappa shape index (κ2) is 7.51. The molecule has 1 aromatic carbocycles. The Bertz CT molecular complexity index is 1030. The lowest BCUT2D eigenvalue weighted by Gasteiger charge is -2.05. The highest BCUT2D eigenvalue weighted by Crippen LogP contribution is 2.19. The van der Waals surface area contributed by atoms with Crippen LogP contribution in [0.15, 0.2) is 61.3 Å². The van der Waals surface area contributed by atoms with E-state index in [4.69, 9.17) is 5.73 Å². The first-order chi connectivity index (χ1) is 13.2. The van der Waals surface area contributed by atoms with Crippen molar-refractivity contribution < 1.29 is 0 Å². The summed E-state index contributed by atoms with van der Waals surface area (Å²) in [6.45, 7) is 1.31. The molecule has 0 spiro atoms. The number of nitrogens with zero attached hydrogens (tertiary/aromatic N) is 6. The fraction of sp³-hybridized carbons (Fsp3) is 0.200. The summed E-state index contributed by atoms with van der Waals surface area (Å²) < 4.78 is 4.10. The Morgan fingerprint density at radius 2 is 1.89 bits per heavy atom. The van der Waals surface area contributed by atoms with E-state index in [2.05, 4.69) is 43.1 Å². The normalized spacial score (nSPS) is 11.0. The first-order valence-corrected chi connectivity index (χ1v) is 8.84. The molecular formula is C20H21N7. The first-order valence-electron chi connectivity index (χ1n) is 8.84. The number of imidazole rings is 1. The van der Waals surface area contributed by atoms with Crippen LogP contribution in [-0.4, -0.2) is 29.3 Å². The molecule has 136 valence electrons. The predicted octanol–water partition coefficient (Wildman–Crippen LogP) is 2.44. The quantitative estimate of drug-likeness (QED) is 0.571. The van der Waals surface area contributed by atoms with Crippen LogP contribution in [0.2, 0.25) is 0 Å². The van der Waals surface area contributed by atoms with Crippen molar-refractivity contribution in [3.8, 4) is 22.6 Å². The van der Waals surface area contributed by atoms with Gasteiger partial charge in [-0.25, -0.2) is 4.98 Å². The Labute approximate surface area is 157 Å². The van der Waals surface area contributed by atoms with Crippen molar-refractivity contribution in [2.75, 3.05) is 0 Å². The molecule has 0 saturated heterocycles. The summed E-state index contributed by atoms with van der Waals surface area (Å²) in [6.07, 6.45) is 8.19. The number of pyridine rings is 1. The standard InChI is InChI=1S/C20H21N7/c1-26-19(24-25-20(26)16-5-8-22-9-6-16)7-10-27-13-18(23-14-27)17-4-2-3-15(11-17)12-21/h2-6,8-9,11,13-14H,7,10,12,21H2,1H3. The average Bonchev–Trinajstić information content (AvgIpc) is 3.34. The Hall–Kier alpha value is -3.32. The Morgan fingerprint density at radius 1 is 1.04 bits per heavy atom. The minimum atomic E-state index is 0.528. The highest BCUT2D eigenvalue weighted by Gasteiger charge is 2.11. The fourth-order valence-electron chi connectivity index (χ4n) is 3.05. The molecule has 0 aliphatic rings. The van der Waals surface area contributed by atoms with E-state index in [1.165, 1.54) is 0 Å². The maximum Gasteiger partial charge on any atom is 0.163 e. The highest BCUT2D eigenvalue weighted by molar-refractivity contribution is 5.59.